The van der Waals surface area contributed by atoms with Crippen molar-refractivity contribution in [3.05, 3.63) is 48.0 Å². The van der Waals surface area contributed by atoms with E-state index in [1.54, 1.807) is 25.2 Å². The molecule has 2 N–H and O–H groups in total. The van der Waals surface area contributed by atoms with Gasteiger partial charge in [-0.25, -0.2) is 4.79 Å². The molecule has 2 aliphatic rings. The summed E-state index contributed by atoms with van der Waals surface area (Å²) in [5, 5.41) is 5.46. The Kier molecular flexibility index (Phi) is 3.68. The fourth-order valence-corrected chi connectivity index (χ4v) is 3.17. The summed E-state index contributed by atoms with van der Waals surface area (Å²) in [7, 11) is 1.57. The van der Waals surface area contributed by atoms with Crippen molar-refractivity contribution in [2.24, 2.45) is 0 Å². The van der Waals surface area contributed by atoms with Crippen molar-refractivity contribution >= 4 is 23.3 Å². The Morgan fingerprint density at radius 1 is 1.12 bits per heavy atom. The summed E-state index contributed by atoms with van der Waals surface area (Å²) in [6.45, 7) is 0.172. The second kappa shape index (κ2) is 6.01. The first kappa shape index (κ1) is 15.3. The second-order valence-electron chi connectivity index (χ2n) is 5.83. The number of urea groups is 1. The van der Waals surface area contributed by atoms with Crippen molar-refractivity contribution in [3.8, 4) is 11.5 Å². The molecule has 128 valence electrons. The number of benzene rings is 2. The Bertz CT molecular complexity index is 852. The van der Waals surface area contributed by atoms with Gasteiger partial charge in [-0.05, 0) is 23.8 Å². The first-order valence-corrected chi connectivity index (χ1v) is 7.97. The molecule has 2 aliphatic heterocycles. The summed E-state index contributed by atoms with van der Waals surface area (Å²) < 4.78 is 10.6. The SMILES string of the molecule is CNC(=O)[C@H]1Cc2ccccc2N1C(=O)Nc1ccc2c(c1)OCO2. The fourth-order valence-electron chi connectivity index (χ4n) is 3.17. The van der Waals surface area contributed by atoms with Gasteiger partial charge in [-0.2, -0.15) is 0 Å². The van der Waals surface area contributed by atoms with Gasteiger partial charge < -0.3 is 20.1 Å². The summed E-state index contributed by atoms with van der Waals surface area (Å²) >= 11 is 0. The van der Waals surface area contributed by atoms with Crippen LogP contribution in [-0.2, 0) is 11.2 Å². The van der Waals surface area contributed by atoms with Crippen LogP contribution in [0.25, 0.3) is 0 Å². The average Bonchev–Trinajstić information content (AvgIpc) is 3.24. The number of carbonyl (C=O) groups excluding carboxylic acids is 2. The standard InChI is InChI=1S/C18H17N3O4/c1-19-17(22)14-8-11-4-2-3-5-13(11)21(14)18(23)20-12-6-7-15-16(9-12)25-10-24-15/h2-7,9,14H,8,10H2,1H3,(H,19,22)(H,20,23)/t14-/m1/s1. The lowest BCUT2D eigenvalue weighted by molar-refractivity contribution is -0.121. The van der Waals surface area contributed by atoms with Crippen LogP contribution in [0.3, 0.4) is 0 Å². The second-order valence-corrected chi connectivity index (χ2v) is 5.83. The number of carbonyl (C=O) groups is 2. The summed E-state index contributed by atoms with van der Waals surface area (Å²) in [6, 6.07) is 11.8. The molecule has 0 bridgehead atoms. The summed E-state index contributed by atoms with van der Waals surface area (Å²) in [4.78, 5) is 26.6. The van der Waals surface area contributed by atoms with Crippen LogP contribution in [0.15, 0.2) is 42.5 Å². The molecule has 0 radical (unpaired) electrons. The van der Waals surface area contributed by atoms with Crippen molar-refractivity contribution in [1.82, 2.24) is 5.32 Å². The predicted octanol–water partition coefficient (Wildman–Crippen LogP) is 2.12. The number of hydrogen-bond acceptors (Lipinski definition) is 4. The van der Waals surface area contributed by atoms with Gasteiger partial charge in [0, 0.05) is 30.9 Å². The van der Waals surface area contributed by atoms with E-state index < -0.39 is 6.04 Å². The number of likely N-dealkylation sites (N-methyl/N-ethyl adjacent to an activating group) is 1. The van der Waals surface area contributed by atoms with Gasteiger partial charge in [-0.15, -0.1) is 0 Å². The van der Waals surface area contributed by atoms with Crippen LogP contribution in [0.1, 0.15) is 5.56 Å². The van der Waals surface area contributed by atoms with Gasteiger partial charge in [-0.3, -0.25) is 9.69 Å². The van der Waals surface area contributed by atoms with E-state index in [9.17, 15) is 9.59 Å². The molecule has 0 aliphatic carbocycles. The zero-order chi connectivity index (χ0) is 17.4. The van der Waals surface area contributed by atoms with E-state index in [-0.39, 0.29) is 18.7 Å². The molecule has 1 atom stereocenters. The molecular weight excluding hydrogens is 322 g/mol. The highest BCUT2D eigenvalue weighted by atomic mass is 16.7. The lowest BCUT2D eigenvalue weighted by atomic mass is 10.1. The van der Waals surface area contributed by atoms with Gasteiger partial charge in [-0.1, -0.05) is 18.2 Å². The van der Waals surface area contributed by atoms with E-state index >= 15 is 0 Å². The maximum atomic E-state index is 12.9. The molecule has 7 nitrogen and oxygen atoms in total. The van der Waals surface area contributed by atoms with Crippen LogP contribution in [0.5, 0.6) is 11.5 Å². The molecule has 3 amide bonds. The molecule has 25 heavy (non-hydrogen) atoms. The van der Waals surface area contributed by atoms with E-state index in [4.69, 9.17) is 9.47 Å². The number of ether oxygens (including phenoxy) is 2. The van der Waals surface area contributed by atoms with Gasteiger partial charge in [0.2, 0.25) is 12.7 Å². The molecule has 2 aromatic carbocycles. The first-order chi connectivity index (χ1) is 12.2. The number of amides is 3. The summed E-state index contributed by atoms with van der Waals surface area (Å²) in [5.74, 6) is 1.03. The van der Waals surface area contributed by atoms with Crippen molar-refractivity contribution in [2.75, 3.05) is 24.1 Å². The lowest BCUT2D eigenvalue weighted by Crippen LogP contribution is -2.48. The van der Waals surface area contributed by atoms with Crippen LogP contribution in [0, 0.1) is 0 Å². The van der Waals surface area contributed by atoms with E-state index in [1.807, 2.05) is 24.3 Å². The highest BCUT2D eigenvalue weighted by molar-refractivity contribution is 6.08. The molecule has 7 heteroatoms. The third-order valence-electron chi connectivity index (χ3n) is 4.37. The highest BCUT2D eigenvalue weighted by Gasteiger charge is 2.38. The van der Waals surface area contributed by atoms with Crippen LogP contribution in [0.2, 0.25) is 0 Å². The molecule has 0 aromatic heterocycles. The van der Waals surface area contributed by atoms with Gasteiger partial charge >= 0.3 is 6.03 Å². The zero-order valence-corrected chi connectivity index (χ0v) is 13.6. The topological polar surface area (TPSA) is 79.9 Å². The average molecular weight is 339 g/mol. The van der Waals surface area contributed by atoms with Crippen LogP contribution in [0.4, 0.5) is 16.2 Å². The Labute approximate surface area is 144 Å². The van der Waals surface area contributed by atoms with Gasteiger partial charge in [0.25, 0.3) is 0 Å². The number of hydrogen-bond donors (Lipinski definition) is 2. The van der Waals surface area contributed by atoms with Crippen LogP contribution >= 0.6 is 0 Å². The third-order valence-corrected chi connectivity index (χ3v) is 4.37. The molecule has 0 unspecified atom stereocenters. The minimum absolute atomic E-state index is 0.172. The Morgan fingerprint density at radius 3 is 2.76 bits per heavy atom. The van der Waals surface area contributed by atoms with Gasteiger partial charge in [0.05, 0.1) is 0 Å². The molecular formula is C18H17N3O4. The van der Waals surface area contributed by atoms with E-state index in [0.29, 0.717) is 23.6 Å². The van der Waals surface area contributed by atoms with Crippen LogP contribution < -0.4 is 25.0 Å². The molecule has 4 rings (SSSR count). The van der Waals surface area contributed by atoms with Crippen molar-refractivity contribution in [2.45, 2.75) is 12.5 Å². The summed E-state index contributed by atoms with van der Waals surface area (Å²) in [5.41, 5.74) is 2.29. The van der Waals surface area contributed by atoms with Crippen LogP contribution in [-0.4, -0.2) is 31.8 Å². The van der Waals surface area contributed by atoms with E-state index in [2.05, 4.69) is 10.6 Å². The number of nitrogens with one attached hydrogen (secondary N) is 2. The third kappa shape index (κ3) is 2.63. The predicted molar refractivity (Wildman–Crippen MR) is 92.1 cm³/mol. The number of rotatable bonds is 2. The summed E-state index contributed by atoms with van der Waals surface area (Å²) in [6.07, 6.45) is 0.490. The minimum Gasteiger partial charge on any atom is -0.454 e. The lowest BCUT2D eigenvalue weighted by Gasteiger charge is -2.24. The normalized spacial score (nSPS) is 17.2. The monoisotopic (exact) mass is 339 g/mol. The largest absolute Gasteiger partial charge is 0.454 e. The highest BCUT2D eigenvalue weighted by Crippen LogP contribution is 2.36. The van der Waals surface area contributed by atoms with Gasteiger partial charge in [0.1, 0.15) is 6.04 Å². The maximum absolute atomic E-state index is 12.9. The van der Waals surface area contributed by atoms with Crippen molar-refractivity contribution < 1.29 is 19.1 Å². The van der Waals surface area contributed by atoms with Gasteiger partial charge in [0.15, 0.2) is 11.5 Å². The van der Waals surface area contributed by atoms with Crippen molar-refractivity contribution in [3.63, 3.8) is 0 Å². The fraction of sp³-hybridized carbons (Fsp3) is 0.222. The molecule has 0 fully saturated rings. The maximum Gasteiger partial charge on any atom is 0.327 e. The molecule has 2 aromatic rings. The quantitative estimate of drug-likeness (QED) is 0.878. The Hall–Kier alpha value is -3.22. The number of fused-ring (bicyclic) bond motifs is 2. The molecule has 2 heterocycles. The minimum atomic E-state index is -0.573. The Balaban J connectivity index is 1.61. The number of anilines is 2. The van der Waals surface area contributed by atoms with Crippen molar-refractivity contribution in [1.29, 1.82) is 0 Å². The first-order valence-electron chi connectivity index (χ1n) is 7.97. The van der Waals surface area contributed by atoms with E-state index in [1.165, 1.54) is 4.90 Å². The molecule has 0 spiro atoms. The number of para-hydroxylation sites is 1. The van der Waals surface area contributed by atoms with E-state index in [0.717, 1.165) is 11.3 Å². The Morgan fingerprint density at radius 2 is 1.92 bits per heavy atom. The number of nitrogens with zero attached hydrogens (tertiary/aromatic N) is 1. The zero-order valence-electron chi connectivity index (χ0n) is 13.6. The smallest absolute Gasteiger partial charge is 0.327 e. The molecule has 0 saturated carbocycles. The molecule has 0 saturated heterocycles.